The fraction of sp³-hybridized carbons (Fsp3) is 0.538. The van der Waals surface area contributed by atoms with Gasteiger partial charge in [-0.25, -0.2) is 8.42 Å². The van der Waals surface area contributed by atoms with Crippen molar-refractivity contribution in [3.63, 3.8) is 0 Å². The summed E-state index contributed by atoms with van der Waals surface area (Å²) in [5.74, 6) is 0. The average molecular weight is 427 g/mol. The highest BCUT2D eigenvalue weighted by atomic mass is 79.9. The quantitative estimate of drug-likeness (QED) is 0.786. The summed E-state index contributed by atoms with van der Waals surface area (Å²) in [6.45, 7) is -0.0205. The molecule has 0 heterocycles. The van der Waals surface area contributed by atoms with Gasteiger partial charge in [0, 0.05) is 21.5 Å². The van der Waals surface area contributed by atoms with Crippen LogP contribution in [0.4, 0.5) is 0 Å². The minimum Gasteiger partial charge on any atom is -0.395 e. The standard InChI is InChI=1S/C13H17Br2NO3S/c14-10-5-6-12(15)13(9-10)20(18,19)16(7-8-17)11-3-1-2-4-11/h5-6,9,11,17H,1-4,7-8H2. The SMILES string of the molecule is O=S(=O)(c1cc(Br)ccc1Br)N(CCO)C1CCCC1. The first-order valence-electron chi connectivity index (χ1n) is 6.54. The third-order valence-corrected chi connectivity index (χ3v) is 6.97. The van der Waals surface area contributed by atoms with Crippen molar-refractivity contribution in [2.75, 3.05) is 13.2 Å². The summed E-state index contributed by atoms with van der Waals surface area (Å²) in [6.07, 6.45) is 3.82. The van der Waals surface area contributed by atoms with E-state index in [1.165, 1.54) is 4.31 Å². The Bertz CT molecular complexity index is 571. The summed E-state index contributed by atoms with van der Waals surface area (Å²) in [5, 5.41) is 9.20. The van der Waals surface area contributed by atoms with Gasteiger partial charge in [0.05, 0.1) is 11.5 Å². The maximum atomic E-state index is 12.8. The highest BCUT2D eigenvalue weighted by Gasteiger charge is 2.33. The fourth-order valence-electron chi connectivity index (χ4n) is 2.59. The van der Waals surface area contributed by atoms with Gasteiger partial charge in [0.2, 0.25) is 10.0 Å². The highest BCUT2D eigenvalue weighted by Crippen LogP contribution is 2.32. The maximum absolute atomic E-state index is 12.8. The lowest BCUT2D eigenvalue weighted by Gasteiger charge is -2.27. The van der Waals surface area contributed by atoms with Crippen LogP contribution in [0.15, 0.2) is 32.0 Å². The second kappa shape index (κ2) is 6.87. The number of aliphatic hydroxyl groups is 1. The molecule has 0 amide bonds. The number of hydrogen-bond donors (Lipinski definition) is 1. The second-order valence-corrected chi connectivity index (χ2v) is 8.48. The Morgan fingerprint density at radius 2 is 1.90 bits per heavy atom. The molecule has 1 aliphatic carbocycles. The lowest BCUT2D eigenvalue weighted by atomic mass is 10.2. The van der Waals surface area contributed by atoms with Crippen LogP contribution in [0, 0.1) is 0 Å². The van der Waals surface area contributed by atoms with Crippen LogP contribution in [0.5, 0.6) is 0 Å². The normalized spacial score (nSPS) is 17.0. The molecule has 4 nitrogen and oxygen atoms in total. The molecular formula is C13H17Br2NO3S. The Labute approximate surface area is 136 Å². The van der Waals surface area contributed by atoms with E-state index in [1.807, 2.05) is 0 Å². The van der Waals surface area contributed by atoms with Gasteiger partial charge in [-0.1, -0.05) is 28.8 Å². The average Bonchev–Trinajstić information content (AvgIpc) is 2.92. The first kappa shape index (κ1) is 16.4. The van der Waals surface area contributed by atoms with Crippen molar-refractivity contribution in [2.24, 2.45) is 0 Å². The van der Waals surface area contributed by atoms with Crippen LogP contribution < -0.4 is 0 Å². The van der Waals surface area contributed by atoms with Crippen LogP contribution in [0.2, 0.25) is 0 Å². The number of hydrogen-bond acceptors (Lipinski definition) is 3. The van der Waals surface area contributed by atoms with Crippen molar-refractivity contribution in [2.45, 2.75) is 36.6 Å². The van der Waals surface area contributed by atoms with Gasteiger partial charge < -0.3 is 5.11 Å². The van der Waals surface area contributed by atoms with Gasteiger partial charge >= 0.3 is 0 Å². The van der Waals surface area contributed by atoms with E-state index in [9.17, 15) is 13.5 Å². The zero-order chi connectivity index (χ0) is 14.8. The van der Waals surface area contributed by atoms with Gasteiger partial charge in [0.25, 0.3) is 0 Å². The molecule has 1 N–H and O–H groups in total. The highest BCUT2D eigenvalue weighted by molar-refractivity contribution is 9.11. The Balaban J connectivity index is 2.41. The summed E-state index contributed by atoms with van der Waals surface area (Å²) < 4.78 is 28.4. The lowest BCUT2D eigenvalue weighted by molar-refractivity contribution is 0.226. The Morgan fingerprint density at radius 3 is 2.50 bits per heavy atom. The molecule has 0 saturated heterocycles. The third-order valence-electron chi connectivity index (χ3n) is 3.53. The first-order valence-corrected chi connectivity index (χ1v) is 9.57. The Hall–Kier alpha value is 0.0500. The number of halogens is 2. The van der Waals surface area contributed by atoms with Crippen LogP contribution in [0.3, 0.4) is 0 Å². The number of sulfonamides is 1. The molecule has 2 rings (SSSR count). The summed E-state index contributed by atoms with van der Waals surface area (Å²) in [6, 6.07) is 5.09. The van der Waals surface area contributed by atoms with Gasteiger partial charge in [0.1, 0.15) is 0 Å². The number of aliphatic hydroxyl groups excluding tert-OH is 1. The van der Waals surface area contributed by atoms with E-state index < -0.39 is 10.0 Å². The largest absolute Gasteiger partial charge is 0.395 e. The molecule has 0 unspecified atom stereocenters. The van der Waals surface area contributed by atoms with E-state index >= 15 is 0 Å². The molecule has 1 saturated carbocycles. The van der Waals surface area contributed by atoms with Gasteiger partial charge in [-0.3, -0.25) is 0 Å². The Morgan fingerprint density at radius 1 is 1.25 bits per heavy atom. The summed E-state index contributed by atoms with van der Waals surface area (Å²) in [5.41, 5.74) is 0. The number of nitrogens with zero attached hydrogens (tertiary/aromatic N) is 1. The molecule has 0 bridgehead atoms. The van der Waals surface area contributed by atoms with Gasteiger partial charge in [-0.15, -0.1) is 0 Å². The van der Waals surface area contributed by atoms with E-state index in [0.717, 1.165) is 30.2 Å². The summed E-state index contributed by atoms with van der Waals surface area (Å²) in [7, 11) is -3.60. The van der Waals surface area contributed by atoms with Gasteiger partial charge in [-0.2, -0.15) is 4.31 Å². The van der Waals surface area contributed by atoms with Crippen molar-refractivity contribution >= 4 is 41.9 Å². The van der Waals surface area contributed by atoms with E-state index in [-0.39, 0.29) is 24.1 Å². The molecule has 1 aliphatic rings. The molecule has 0 spiro atoms. The smallest absolute Gasteiger partial charge is 0.244 e. The maximum Gasteiger partial charge on any atom is 0.244 e. The number of benzene rings is 1. The molecule has 1 fully saturated rings. The van der Waals surface area contributed by atoms with E-state index in [2.05, 4.69) is 31.9 Å². The molecule has 20 heavy (non-hydrogen) atoms. The van der Waals surface area contributed by atoms with Gasteiger partial charge in [0.15, 0.2) is 0 Å². The predicted molar refractivity (Wildman–Crippen MR) is 85.1 cm³/mol. The molecule has 7 heteroatoms. The van der Waals surface area contributed by atoms with Crippen LogP contribution in [-0.4, -0.2) is 37.0 Å². The zero-order valence-corrected chi connectivity index (χ0v) is 14.9. The first-order chi connectivity index (χ1) is 9.46. The summed E-state index contributed by atoms with van der Waals surface area (Å²) in [4.78, 5) is 0.243. The summed E-state index contributed by atoms with van der Waals surface area (Å²) >= 11 is 6.61. The minimum atomic E-state index is -3.60. The van der Waals surface area contributed by atoms with Crippen molar-refractivity contribution in [3.8, 4) is 0 Å². The Kier molecular flexibility index (Phi) is 5.64. The number of rotatable bonds is 5. The minimum absolute atomic E-state index is 0.00182. The zero-order valence-electron chi connectivity index (χ0n) is 10.9. The van der Waals surface area contributed by atoms with E-state index in [0.29, 0.717) is 4.47 Å². The molecule has 0 atom stereocenters. The van der Waals surface area contributed by atoms with E-state index in [1.54, 1.807) is 18.2 Å². The van der Waals surface area contributed by atoms with Crippen LogP contribution >= 0.6 is 31.9 Å². The monoisotopic (exact) mass is 425 g/mol. The molecule has 1 aromatic carbocycles. The molecular weight excluding hydrogens is 410 g/mol. The van der Waals surface area contributed by atoms with Crippen molar-refractivity contribution < 1.29 is 13.5 Å². The predicted octanol–water partition coefficient (Wildman–Crippen LogP) is 3.14. The molecule has 1 aromatic rings. The van der Waals surface area contributed by atoms with Crippen LogP contribution in [-0.2, 0) is 10.0 Å². The molecule has 0 aromatic heterocycles. The van der Waals surface area contributed by atoms with Crippen molar-refractivity contribution in [1.29, 1.82) is 0 Å². The van der Waals surface area contributed by atoms with E-state index in [4.69, 9.17) is 0 Å². The van der Waals surface area contributed by atoms with Crippen LogP contribution in [0.1, 0.15) is 25.7 Å². The molecule has 0 radical (unpaired) electrons. The molecule has 0 aliphatic heterocycles. The topological polar surface area (TPSA) is 57.6 Å². The fourth-order valence-corrected chi connectivity index (χ4v) is 5.73. The lowest BCUT2D eigenvalue weighted by Crippen LogP contribution is -2.40. The third kappa shape index (κ3) is 3.44. The molecule has 112 valence electrons. The van der Waals surface area contributed by atoms with Gasteiger partial charge in [-0.05, 0) is 47.0 Å². The van der Waals surface area contributed by atoms with Crippen molar-refractivity contribution in [3.05, 3.63) is 27.1 Å². The second-order valence-electron chi connectivity index (χ2n) is 4.85. The van der Waals surface area contributed by atoms with Crippen LogP contribution in [0.25, 0.3) is 0 Å². The van der Waals surface area contributed by atoms with Crippen molar-refractivity contribution in [1.82, 2.24) is 4.31 Å².